The van der Waals surface area contributed by atoms with Crippen LogP contribution in [0.3, 0.4) is 0 Å². The van der Waals surface area contributed by atoms with Crippen LogP contribution in [0.25, 0.3) is 0 Å². The smallest absolute Gasteiger partial charge is 0.339 e. The van der Waals surface area contributed by atoms with Gasteiger partial charge in [-0.2, -0.15) is 0 Å². The molecule has 2 aromatic rings. The summed E-state index contributed by atoms with van der Waals surface area (Å²) >= 11 is 0. The molecule has 1 fully saturated rings. The van der Waals surface area contributed by atoms with Crippen LogP contribution in [0, 0.1) is 0 Å². The number of para-hydroxylation sites is 1. The largest absolute Gasteiger partial charge is 0.491 e. The lowest BCUT2D eigenvalue weighted by Crippen LogP contribution is -2.50. The summed E-state index contributed by atoms with van der Waals surface area (Å²) in [5, 5.41) is 2.83. The lowest BCUT2D eigenvalue weighted by molar-refractivity contribution is 0.0602. The molecule has 0 unspecified atom stereocenters. The van der Waals surface area contributed by atoms with E-state index in [1.165, 1.54) is 7.11 Å². The van der Waals surface area contributed by atoms with Gasteiger partial charge in [0.05, 0.1) is 24.5 Å². The summed E-state index contributed by atoms with van der Waals surface area (Å²) in [6.07, 6.45) is 0.146. The van der Waals surface area contributed by atoms with Crippen molar-refractivity contribution in [3.05, 3.63) is 54.1 Å². The van der Waals surface area contributed by atoms with E-state index in [0.717, 1.165) is 24.5 Å². The van der Waals surface area contributed by atoms with Crippen molar-refractivity contribution in [3.8, 4) is 5.75 Å². The maximum atomic E-state index is 12.6. The van der Waals surface area contributed by atoms with Gasteiger partial charge in [-0.15, -0.1) is 0 Å². The molecule has 0 spiro atoms. The van der Waals surface area contributed by atoms with Gasteiger partial charge < -0.3 is 24.6 Å². The molecule has 3 rings (SSSR count). The summed E-state index contributed by atoms with van der Waals surface area (Å²) in [4.78, 5) is 28.5. The minimum atomic E-state index is -0.476. The van der Waals surface area contributed by atoms with Gasteiger partial charge in [-0.05, 0) is 50.2 Å². The number of urea groups is 1. The predicted molar refractivity (Wildman–Crippen MR) is 113 cm³/mol. The van der Waals surface area contributed by atoms with Gasteiger partial charge in [-0.1, -0.05) is 12.1 Å². The third kappa shape index (κ3) is 5.19. The van der Waals surface area contributed by atoms with Crippen molar-refractivity contribution in [3.63, 3.8) is 0 Å². The SMILES string of the molecule is COC(=O)c1ccccc1NC(=O)N1CCN(c2ccc(OC(C)C)cc2)CC1. The topological polar surface area (TPSA) is 71.1 Å². The number of piperazine rings is 1. The van der Waals surface area contributed by atoms with Gasteiger partial charge in [-0.25, -0.2) is 9.59 Å². The molecule has 29 heavy (non-hydrogen) atoms. The number of hydrogen-bond acceptors (Lipinski definition) is 5. The van der Waals surface area contributed by atoms with Crippen molar-refractivity contribution in [1.29, 1.82) is 0 Å². The first-order valence-corrected chi connectivity index (χ1v) is 9.73. The molecule has 1 aliphatic heterocycles. The van der Waals surface area contributed by atoms with E-state index in [1.807, 2.05) is 38.1 Å². The number of esters is 1. The van der Waals surface area contributed by atoms with Crippen molar-refractivity contribution >= 4 is 23.4 Å². The molecule has 1 aliphatic rings. The number of rotatable bonds is 5. The lowest BCUT2D eigenvalue weighted by Gasteiger charge is -2.36. The number of nitrogens with zero attached hydrogens (tertiary/aromatic N) is 2. The maximum absolute atomic E-state index is 12.6. The Hall–Kier alpha value is -3.22. The lowest BCUT2D eigenvalue weighted by atomic mass is 10.2. The molecule has 0 atom stereocenters. The van der Waals surface area contributed by atoms with Gasteiger partial charge in [-0.3, -0.25) is 0 Å². The van der Waals surface area contributed by atoms with Crippen LogP contribution in [0.4, 0.5) is 16.2 Å². The molecule has 2 amide bonds. The average Bonchev–Trinajstić information content (AvgIpc) is 2.74. The zero-order chi connectivity index (χ0) is 20.8. The first-order valence-electron chi connectivity index (χ1n) is 9.73. The van der Waals surface area contributed by atoms with E-state index in [9.17, 15) is 9.59 Å². The first-order chi connectivity index (χ1) is 14.0. The highest BCUT2D eigenvalue weighted by molar-refractivity contribution is 6.00. The van der Waals surface area contributed by atoms with Crippen LogP contribution in [0.15, 0.2) is 48.5 Å². The van der Waals surface area contributed by atoms with Crippen LogP contribution in [0.1, 0.15) is 24.2 Å². The third-order valence-corrected chi connectivity index (χ3v) is 4.71. The van der Waals surface area contributed by atoms with E-state index in [4.69, 9.17) is 9.47 Å². The maximum Gasteiger partial charge on any atom is 0.339 e. The number of ether oxygens (including phenoxy) is 2. The molecule has 7 nitrogen and oxygen atoms in total. The number of amides is 2. The monoisotopic (exact) mass is 397 g/mol. The van der Waals surface area contributed by atoms with Gasteiger partial charge in [0.1, 0.15) is 5.75 Å². The summed E-state index contributed by atoms with van der Waals surface area (Å²) in [6, 6.07) is 14.6. The second kappa shape index (κ2) is 9.32. The van der Waals surface area contributed by atoms with Crippen molar-refractivity contribution in [2.75, 3.05) is 43.5 Å². The zero-order valence-electron chi connectivity index (χ0n) is 17.1. The molecule has 0 radical (unpaired) electrons. The number of carbonyl (C=O) groups is 2. The molecule has 154 valence electrons. The fourth-order valence-electron chi connectivity index (χ4n) is 3.25. The molecular weight excluding hydrogens is 370 g/mol. The molecule has 1 saturated heterocycles. The summed E-state index contributed by atoms with van der Waals surface area (Å²) in [7, 11) is 1.32. The molecule has 0 saturated carbocycles. The van der Waals surface area contributed by atoms with Crippen molar-refractivity contribution in [2.24, 2.45) is 0 Å². The van der Waals surface area contributed by atoms with Crippen LogP contribution in [0.5, 0.6) is 5.75 Å². The number of benzene rings is 2. The third-order valence-electron chi connectivity index (χ3n) is 4.71. The van der Waals surface area contributed by atoms with E-state index in [0.29, 0.717) is 24.3 Å². The molecular formula is C22H27N3O4. The molecule has 1 heterocycles. The van der Waals surface area contributed by atoms with Crippen molar-refractivity contribution in [2.45, 2.75) is 20.0 Å². The average molecular weight is 397 g/mol. The standard InChI is InChI=1S/C22H27N3O4/c1-16(2)29-18-10-8-17(9-11-18)24-12-14-25(15-13-24)22(27)23-20-7-5-4-6-19(20)21(26)28-3/h4-11,16H,12-15H2,1-3H3,(H,23,27). The zero-order valence-corrected chi connectivity index (χ0v) is 17.1. The van der Waals surface area contributed by atoms with Crippen LogP contribution in [-0.4, -0.2) is 56.3 Å². The minimum Gasteiger partial charge on any atom is -0.491 e. The first kappa shape index (κ1) is 20.5. The predicted octanol–water partition coefficient (Wildman–Crippen LogP) is 3.61. The fourth-order valence-corrected chi connectivity index (χ4v) is 3.25. The van der Waals surface area contributed by atoms with Crippen LogP contribution in [-0.2, 0) is 4.74 Å². The van der Waals surface area contributed by atoms with Gasteiger partial charge in [0.25, 0.3) is 0 Å². The van der Waals surface area contributed by atoms with Crippen molar-refractivity contribution < 1.29 is 19.1 Å². The van der Waals surface area contributed by atoms with Crippen LogP contribution < -0.4 is 15.0 Å². The van der Waals surface area contributed by atoms with Crippen molar-refractivity contribution in [1.82, 2.24) is 4.90 Å². The number of hydrogen-bond donors (Lipinski definition) is 1. The van der Waals surface area contributed by atoms with Crippen LogP contribution >= 0.6 is 0 Å². The number of anilines is 2. The Kier molecular flexibility index (Phi) is 6.59. The van der Waals surface area contributed by atoms with Gasteiger partial charge in [0.15, 0.2) is 0 Å². The van der Waals surface area contributed by atoms with E-state index >= 15 is 0 Å². The second-order valence-electron chi connectivity index (χ2n) is 7.10. The second-order valence-corrected chi connectivity index (χ2v) is 7.10. The van der Waals surface area contributed by atoms with Gasteiger partial charge >= 0.3 is 12.0 Å². The highest BCUT2D eigenvalue weighted by Crippen LogP contribution is 2.22. The molecule has 2 aromatic carbocycles. The highest BCUT2D eigenvalue weighted by Gasteiger charge is 2.23. The highest BCUT2D eigenvalue weighted by atomic mass is 16.5. The Bertz CT molecular complexity index is 843. The normalized spacial score (nSPS) is 13.9. The molecule has 0 bridgehead atoms. The minimum absolute atomic E-state index is 0.146. The number of nitrogens with one attached hydrogen (secondary N) is 1. The van der Waals surface area contributed by atoms with E-state index in [2.05, 4.69) is 10.2 Å². The summed E-state index contributed by atoms with van der Waals surface area (Å²) in [5.41, 5.74) is 1.90. The Morgan fingerprint density at radius 2 is 1.62 bits per heavy atom. The van der Waals surface area contributed by atoms with Crippen LogP contribution in [0.2, 0.25) is 0 Å². The van der Waals surface area contributed by atoms with E-state index in [-0.39, 0.29) is 12.1 Å². The number of methoxy groups -OCH3 is 1. The van der Waals surface area contributed by atoms with Gasteiger partial charge in [0.2, 0.25) is 0 Å². The summed E-state index contributed by atoms with van der Waals surface area (Å²) in [6.45, 7) is 6.66. The Morgan fingerprint density at radius 1 is 0.966 bits per heavy atom. The Morgan fingerprint density at radius 3 is 2.24 bits per heavy atom. The van der Waals surface area contributed by atoms with E-state index in [1.54, 1.807) is 29.2 Å². The Balaban J connectivity index is 1.57. The van der Waals surface area contributed by atoms with E-state index < -0.39 is 5.97 Å². The Labute approximate surface area is 171 Å². The van der Waals surface area contributed by atoms with Gasteiger partial charge in [0, 0.05) is 31.9 Å². The number of carbonyl (C=O) groups excluding carboxylic acids is 2. The molecule has 1 N–H and O–H groups in total. The molecule has 0 aliphatic carbocycles. The summed E-state index contributed by atoms with van der Waals surface area (Å²) < 4.78 is 10.5. The summed E-state index contributed by atoms with van der Waals surface area (Å²) in [5.74, 6) is 0.377. The molecule has 7 heteroatoms. The molecule has 0 aromatic heterocycles. The quantitative estimate of drug-likeness (QED) is 0.781. The fraction of sp³-hybridized carbons (Fsp3) is 0.364.